The second kappa shape index (κ2) is 5.51. The molecule has 0 aliphatic carbocycles. The number of rotatable bonds is 2. The SMILES string of the molecule is COc1cc(N)cc(OC)c1.[Ar]. The molecule has 12 heavy (non-hydrogen) atoms. The summed E-state index contributed by atoms with van der Waals surface area (Å²) in [5.41, 5.74) is 6.19. The number of hydrogen-bond donors (Lipinski definition) is 1. The molecule has 0 bridgehead atoms. The Balaban J connectivity index is 0.00000121. The molecule has 4 heteroatoms. The van der Waals surface area contributed by atoms with Crippen LogP contribution in [0.5, 0.6) is 11.5 Å². The van der Waals surface area contributed by atoms with Gasteiger partial charge in [0.05, 0.1) is 14.2 Å². The number of anilines is 1. The zero-order chi connectivity index (χ0) is 8.27. The van der Waals surface area contributed by atoms with E-state index in [1.807, 2.05) is 0 Å². The number of ether oxygens (including phenoxy) is 2. The summed E-state index contributed by atoms with van der Waals surface area (Å²) in [7, 11) is 3.18. The van der Waals surface area contributed by atoms with Gasteiger partial charge in [0, 0.05) is 61.6 Å². The fourth-order valence-electron chi connectivity index (χ4n) is 0.829. The smallest absolute Gasteiger partial charge is 0.124 e. The maximum absolute atomic E-state index is 5.55. The second-order valence-electron chi connectivity index (χ2n) is 2.15. The van der Waals surface area contributed by atoms with Gasteiger partial charge in [-0.05, 0) is 0 Å². The summed E-state index contributed by atoms with van der Waals surface area (Å²) in [5, 5.41) is 0. The van der Waals surface area contributed by atoms with E-state index in [1.165, 1.54) is 0 Å². The van der Waals surface area contributed by atoms with E-state index in [9.17, 15) is 0 Å². The van der Waals surface area contributed by atoms with E-state index in [0.29, 0.717) is 17.2 Å². The Morgan fingerprint density at radius 3 is 1.75 bits per heavy atom. The molecule has 1 aromatic rings. The molecule has 0 amide bonds. The van der Waals surface area contributed by atoms with Crippen LogP contribution in [-0.2, 0) is 0 Å². The molecule has 0 radical (unpaired) electrons. The van der Waals surface area contributed by atoms with E-state index in [0.717, 1.165) is 0 Å². The first-order valence-corrected chi connectivity index (χ1v) is 3.25. The Kier molecular flexibility index (Phi) is 5.46. The van der Waals surface area contributed by atoms with E-state index in [-0.39, 0.29) is 37.7 Å². The molecule has 3 nitrogen and oxygen atoms in total. The summed E-state index contributed by atoms with van der Waals surface area (Å²) in [6.07, 6.45) is 0. The average Bonchev–Trinajstić information content (AvgIpc) is 2.03. The molecule has 0 fully saturated rings. The number of benzene rings is 1. The van der Waals surface area contributed by atoms with Crippen LogP contribution >= 0.6 is 0 Å². The summed E-state index contributed by atoms with van der Waals surface area (Å²) >= 11 is 0. The third-order valence-electron chi connectivity index (χ3n) is 1.37. The van der Waals surface area contributed by atoms with Crippen molar-refractivity contribution >= 4 is 5.69 Å². The normalized spacial score (nSPS) is 8.50. The number of hydrogen-bond acceptors (Lipinski definition) is 3. The first-order valence-electron chi connectivity index (χ1n) is 3.25. The van der Waals surface area contributed by atoms with Crippen molar-refractivity contribution in [1.82, 2.24) is 0 Å². The number of methoxy groups -OCH3 is 2. The van der Waals surface area contributed by atoms with Gasteiger partial charge in [-0.25, -0.2) is 0 Å². The van der Waals surface area contributed by atoms with Crippen LogP contribution in [-0.4, -0.2) is 14.2 Å². The standard InChI is InChI=1S/C8H11NO2.Ar/c1-10-7-3-6(9)4-8(5-7)11-2;/h3-5H,9H2,1-2H3;. The van der Waals surface area contributed by atoms with Crippen molar-refractivity contribution in [2.24, 2.45) is 0 Å². The van der Waals surface area contributed by atoms with E-state index in [2.05, 4.69) is 0 Å². The molecule has 1 aromatic carbocycles. The van der Waals surface area contributed by atoms with Crippen LogP contribution in [0.15, 0.2) is 18.2 Å². The van der Waals surface area contributed by atoms with Crippen molar-refractivity contribution in [3.63, 3.8) is 0 Å². The topological polar surface area (TPSA) is 44.5 Å². The van der Waals surface area contributed by atoms with Gasteiger partial charge in [-0.2, -0.15) is 0 Å². The van der Waals surface area contributed by atoms with E-state index in [4.69, 9.17) is 15.2 Å². The minimum Gasteiger partial charge on any atom is -0.497 e. The quantitative estimate of drug-likeness (QED) is 0.719. The van der Waals surface area contributed by atoms with Gasteiger partial charge in [-0.1, -0.05) is 0 Å². The third kappa shape index (κ3) is 3.09. The number of nitrogen functional groups attached to an aromatic ring is 1. The Hall–Kier alpha value is -0.120. The molecule has 0 aromatic heterocycles. The molecule has 0 unspecified atom stereocenters. The first-order chi connectivity index (χ1) is 5.26. The third-order valence-corrected chi connectivity index (χ3v) is 1.37. The Labute approximate surface area is 102 Å². The van der Waals surface area contributed by atoms with Gasteiger partial charge in [0.1, 0.15) is 11.5 Å². The summed E-state index contributed by atoms with van der Waals surface area (Å²) in [4.78, 5) is 0. The summed E-state index contributed by atoms with van der Waals surface area (Å²) < 4.78 is 9.96. The molecule has 0 aliphatic heterocycles. The minimum absolute atomic E-state index is 0. The van der Waals surface area contributed by atoms with Gasteiger partial charge >= 0.3 is 0 Å². The predicted molar refractivity (Wildman–Crippen MR) is 44.0 cm³/mol. The molecular formula is C8H11ArNO2. The van der Waals surface area contributed by atoms with Crippen LogP contribution in [0.1, 0.15) is 0 Å². The second-order valence-corrected chi connectivity index (χ2v) is 2.15. The molecule has 0 saturated heterocycles. The van der Waals surface area contributed by atoms with Crippen molar-refractivity contribution in [2.45, 2.75) is 0 Å². The minimum atomic E-state index is 0. The van der Waals surface area contributed by atoms with Gasteiger partial charge in [-0.3, -0.25) is 0 Å². The Bertz CT molecular complexity index is 231. The zero-order valence-corrected chi connectivity index (χ0v) is 7.69. The molecule has 0 saturated carbocycles. The fraction of sp³-hybridized carbons (Fsp3) is 0.250. The molecule has 0 heterocycles. The van der Waals surface area contributed by atoms with Crippen LogP contribution in [0.25, 0.3) is 0 Å². The van der Waals surface area contributed by atoms with Crippen molar-refractivity contribution < 1.29 is 47.2 Å². The van der Waals surface area contributed by atoms with Crippen molar-refractivity contribution in [3.8, 4) is 11.5 Å². The summed E-state index contributed by atoms with van der Waals surface area (Å²) in [5.74, 6) is 1.42. The van der Waals surface area contributed by atoms with E-state index in [1.54, 1.807) is 32.4 Å². The molecule has 0 spiro atoms. The summed E-state index contributed by atoms with van der Waals surface area (Å²) in [6.45, 7) is 0. The molecule has 2 N–H and O–H groups in total. The summed E-state index contributed by atoms with van der Waals surface area (Å²) in [6, 6.07) is 5.25. The molecule has 0 aliphatic rings. The van der Waals surface area contributed by atoms with Crippen molar-refractivity contribution in [2.75, 3.05) is 20.0 Å². The molecule has 0 atom stereocenters. The van der Waals surface area contributed by atoms with Crippen LogP contribution in [0.4, 0.5) is 5.69 Å². The van der Waals surface area contributed by atoms with Crippen molar-refractivity contribution in [3.05, 3.63) is 18.2 Å². The monoisotopic (exact) mass is 193 g/mol. The van der Waals surface area contributed by atoms with Crippen LogP contribution < -0.4 is 15.2 Å². The predicted octanol–water partition coefficient (Wildman–Crippen LogP) is 1.29. The van der Waals surface area contributed by atoms with Gasteiger partial charge < -0.3 is 15.2 Å². The Morgan fingerprint density at radius 2 is 1.42 bits per heavy atom. The van der Waals surface area contributed by atoms with Gasteiger partial charge in [0.25, 0.3) is 0 Å². The van der Waals surface area contributed by atoms with E-state index >= 15 is 0 Å². The number of nitrogens with two attached hydrogens (primary N) is 1. The molecule has 68 valence electrons. The van der Waals surface area contributed by atoms with Gasteiger partial charge in [0.15, 0.2) is 0 Å². The Morgan fingerprint density at radius 1 is 1.00 bits per heavy atom. The maximum Gasteiger partial charge on any atom is 0.124 e. The van der Waals surface area contributed by atoms with Gasteiger partial charge in [0.2, 0.25) is 0 Å². The average molecular weight is 193 g/mol. The molecular weight excluding hydrogens is 182 g/mol. The van der Waals surface area contributed by atoms with Crippen LogP contribution in [0, 0.1) is 37.7 Å². The largest absolute Gasteiger partial charge is 0.497 e. The van der Waals surface area contributed by atoms with Crippen molar-refractivity contribution in [1.29, 1.82) is 0 Å². The maximum atomic E-state index is 5.55. The zero-order valence-electron chi connectivity index (χ0n) is 6.98. The fourth-order valence-corrected chi connectivity index (χ4v) is 0.829. The van der Waals surface area contributed by atoms with Crippen LogP contribution in [0.3, 0.4) is 0 Å². The first kappa shape index (κ1) is 11.9. The van der Waals surface area contributed by atoms with Crippen LogP contribution in [0.2, 0.25) is 0 Å². The van der Waals surface area contributed by atoms with Gasteiger partial charge in [-0.15, -0.1) is 0 Å². The van der Waals surface area contributed by atoms with E-state index < -0.39 is 0 Å². The molecule has 1 rings (SSSR count).